The number of non-ortho nitro benzene ring substituents is 1. The van der Waals surface area contributed by atoms with Gasteiger partial charge in [0.2, 0.25) is 0 Å². The van der Waals surface area contributed by atoms with Crippen LogP contribution in [-0.4, -0.2) is 11.1 Å². The first-order chi connectivity index (χ1) is 12.6. The summed E-state index contributed by atoms with van der Waals surface area (Å²) in [7, 11) is 0. The number of benzene rings is 3. The lowest BCUT2D eigenvalue weighted by Gasteiger charge is -2.09. The van der Waals surface area contributed by atoms with Crippen LogP contribution in [0, 0.1) is 15.9 Å². The van der Waals surface area contributed by atoms with E-state index in [1.165, 1.54) is 30.5 Å². The van der Waals surface area contributed by atoms with Crippen molar-refractivity contribution in [3.05, 3.63) is 99.9 Å². The van der Waals surface area contributed by atoms with Crippen molar-refractivity contribution in [2.45, 2.75) is 6.61 Å². The number of hydrogen-bond donors (Lipinski definition) is 0. The predicted octanol–water partition coefficient (Wildman–Crippen LogP) is 5.06. The highest BCUT2D eigenvalue weighted by Gasteiger charge is 2.11. The van der Waals surface area contributed by atoms with Gasteiger partial charge in [-0.05, 0) is 35.9 Å². The molecule has 0 amide bonds. The first-order valence-electron chi connectivity index (χ1n) is 7.86. The Morgan fingerprint density at radius 1 is 1.04 bits per heavy atom. The molecule has 0 fully saturated rings. The van der Waals surface area contributed by atoms with E-state index < -0.39 is 4.92 Å². The Kier molecular flexibility index (Phi) is 5.34. The van der Waals surface area contributed by atoms with Crippen molar-refractivity contribution in [1.82, 2.24) is 0 Å². The third-order valence-corrected chi connectivity index (χ3v) is 3.62. The smallest absolute Gasteiger partial charge is 0.273 e. The number of hydrogen-bond acceptors (Lipinski definition) is 4. The third kappa shape index (κ3) is 4.51. The van der Waals surface area contributed by atoms with E-state index in [0.29, 0.717) is 17.0 Å². The van der Waals surface area contributed by atoms with Crippen molar-refractivity contribution in [1.29, 1.82) is 0 Å². The number of ether oxygens (including phenoxy) is 1. The molecule has 0 atom stereocenters. The van der Waals surface area contributed by atoms with Crippen molar-refractivity contribution in [2.75, 3.05) is 0 Å². The van der Waals surface area contributed by atoms with Gasteiger partial charge in [-0.25, -0.2) is 4.39 Å². The number of nitro groups is 1. The fraction of sp³-hybridized carbons (Fsp3) is 0.0500. The van der Waals surface area contributed by atoms with Crippen LogP contribution in [-0.2, 0) is 6.61 Å². The Morgan fingerprint density at radius 3 is 2.46 bits per heavy atom. The molecule has 0 spiro atoms. The Balaban J connectivity index is 1.85. The average molecular weight is 350 g/mol. The molecule has 0 N–H and O–H groups in total. The van der Waals surface area contributed by atoms with E-state index >= 15 is 0 Å². The highest BCUT2D eigenvalue weighted by atomic mass is 19.1. The van der Waals surface area contributed by atoms with Crippen molar-refractivity contribution >= 4 is 17.6 Å². The van der Waals surface area contributed by atoms with Gasteiger partial charge in [-0.2, -0.15) is 0 Å². The summed E-state index contributed by atoms with van der Waals surface area (Å²) in [5.74, 6) is 0.0140. The van der Waals surface area contributed by atoms with Gasteiger partial charge in [0.25, 0.3) is 5.69 Å². The molecule has 26 heavy (non-hydrogen) atoms. The zero-order chi connectivity index (χ0) is 18.4. The molecule has 0 saturated carbocycles. The maximum absolute atomic E-state index is 13.0. The molecule has 0 unspecified atom stereocenters. The summed E-state index contributed by atoms with van der Waals surface area (Å²) in [6.07, 6.45) is 1.54. The van der Waals surface area contributed by atoms with Crippen LogP contribution in [0.1, 0.15) is 11.1 Å². The van der Waals surface area contributed by atoms with Gasteiger partial charge in [-0.1, -0.05) is 30.3 Å². The lowest BCUT2D eigenvalue weighted by molar-refractivity contribution is -0.384. The first-order valence-corrected chi connectivity index (χ1v) is 7.86. The highest BCUT2D eigenvalue weighted by molar-refractivity contribution is 5.86. The Morgan fingerprint density at radius 2 is 1.77 bits per heavy atom. The summed E-state index contributed by atoms with van der Waals surface area (Å²) >= 11 is 0. The molecule has 3 aromatic carbocycles. The predicted molar refractivity (Wildman–Crippen MR) is 97.5 cm³/mol. The summed E-state index contributed by atoms with van der Waals surface area (Å²) in [5, 5.41) is 11.0. The zero-order valence-electron chi connectivity index (χ0n) is 13.7. The largest absolute Gasteiger partial charge is 0.488 e. The normalized spacial score (nSPS) is 10.8. The number of nitrogens with zero attached hydrogens (tertiary/aromatic N) is 2. The molecule has 6 heteroatoms. The minimum absolute atomic E-state index is 0.0630. The standard InChI is InChI=1S/C20H15FN2O3/c21-17-7-9-18(10-8-17)22-13-16-6-11-19(23(24)25)12-20(16)26-14-15-4-2-1-3-5-15/h1-13H,14H2. The second-order valence-electron chi connectivity index (χ2n) is 5.49. The van der Waals surface area contributed by atoms with Gasteiger partial charge in [-0.15, -0.1) is 0 Å². The van der Waals surface area contributed by atoms with Gasteiger partial charge in [0.15, 0.2) is 0 Å². The first kappa shape index (κ1) is 17.3. The third-order valence-electron chi connectivity index (χ3n) is 3.62. The SMILES string of the molecule is O=[N+]([O-])c1ccc(C=Nc2ccc(F)cc2)c(OCc2ccccc2)c1. The zero-order valence-corrected chi connectivity index (χ0v) is 13.7. The van der Waals surface area contributed by atoms with Crippen LogP contribution >= 0.6 is 0 Å². The molecule has 0 radical (unpaired) electrons. The van der Waals surface area contributed by atoms with Crippen molar-refractivity contribution in [3.8, 4) is 5.75 Å². The van der Waals surface area contributed by atoms with Crippen molar-refractivity contribution in [2.24, 2.45) is 4.99 Å². The lowest BCUT2D eigenvalue weighted by Crippen LogP contribution is -1.99. The summed E-state index contributed by atoms with van der Waals surface area (Å²) in [4.78, 5) is 14.8. The van der Waals surface area contributed by atoms with E-state index in [-0.39, 0.29) is 18.1 Å². The average Bonchev–Trinajstić information content (AvgIpc) is 2.67. The fourth-order valence-electron chi connectivity index (χ4n) is 2.27. The molecular weight excluding hydrogens is 335 g/mol. The molecule has 130 valence electrons. The lowest BCUT2D eigenvalue weighted by atomic mass is 10.2. The molecule has 0 aromatic heterocycles. The second kappa shape index (κ2) is 8.02. The number of halogens is 1. The molecular formula is C20H15FN2O3. The van der Waals surface area contributed by atoms with Crippen LogP contribution in [0.5, 0.6) is 5.75 Å². The van der Waals surface area contributed by atoms with Crippen LogP contribution in [0.4, 0.5) is 15.8 Å². The molecule has 0 heterocycles. The Bertz CT molecular complexity index is 926. The van der Waals surface area contributed by atoms with E-state index in [1.54, 1.807) is 18.2 Å². The molecule has 0 aliphatic rings. The monoisotopic (exact) mass is 350 g/mol. The van der Waals surface area contributed by atoms with Gasteiger partial charge in [-0.3, -0.25) is 15.1 Å². The maximum Gasteiger partial charge on any atom is 0.273 e. The summed E-state index contributed by atoms with van der Waals surface area (Å²) in [5.41, 5.74) is 2.04. The molecule has 0 aliphatic carbocycles. The second-order valence-corrected chi connectivity index (χ2v) is 5.49. The molecule has 0 saturated heterocycles. The molecule has 0 bridgehead atoms. The summed E-state index contributed by atoms with van der Waals surface area (Å²) in [6, 6.07) is 19.5. The summed E-state index contributed by atoms with van der Waals surface area (Å²) in [6.45, 7) is 0.277. The van der Waals surface area contributed by atoms with E-state index in [4.69, 9.17) is 4.74 Å². The van der Waals surface area contributed by atoms with Gasteiger partial charge < -0.3 is 4.74 Å². The quantitative estimate of drug-likeness (QED) is 0.354. The summed E-state index contributed by atoms with van der Waals surface area (Å²) < 4.78 is 18.7. The van der Waals surface area contributed by atoms with Crippen molar-refractivity contribution in [3.63, 3.8) is 0 Å². The van der Waals surface area contributed by atoms with Gasteiger partial charge in [0, 0.05) is 17.8 Å². The van der Waals surface area contributed by atoms with E-state index in [1.807, 2.05) is 30.3 Å². The van der Waals surface area contributed by atoms with Crippen LogP contribution in [0.2, 0.25) is 0 Å². The van der Waals surface area contributed by atoms with Gasteiger partial charge in [0.1, 0.15) is 18.2 Å². The molecule has 3 rings (SSSR count). The minimum atomic E-state index is -0.476. The molecule has 0 aliphatic heterocycles. The van der Waals surface area contributed by atoms with E-state index in [2.05, 4.69) is 4.99 Å². The van der Waals surface area contributed by atoms with Gasteiger partial charge >= 0.3 is 0 Å². The Labute approximate surface area is 149 Å². The number of rotatable bonds is 6. The Hall–Kier alpha value is -3.54. The van der Waals surface area contributed by atoms with Crippen LogP contribution in [0.15, 0.2) is 77.8 Å². The van der Waals surface area contributed by atoms with Crippen LogP contribution < -0.4 is 4.74 Å². The fourth-order valence-corrected chi connectivity index (χ4v) is 2.27. The van der Waals surface area contributed by atoms with Crippen LogP contribution in [0.3, 0.4) is 0 Å². The maximum atomic E-state index is 13.0. The highest BCUT2D eigenvalue weighted by Crippen LogP contribution is 2.25. The number of aliphatic imine (C=N–C) groups is 1. The van der Waals surface area contributed by atoms with Crippen molar-refractivity contribution < 1.29 is 14.1 Å². The van der Waals surface area contributed by atoms with E-state index in [9.17, 15) is 14.5 Å². The number of nitro benzene ring substituents is 1. The van der Waals surface area contributed by atoms with Crippen LogP contribution in [0.25, 0.3) is 0 Å². The topological polar surface area (TPSA) is 64.7 Å². The molecule has 3 aromatic rings. The van der Waals surface area contributed by atoms with Gasteiger partial charge in [0.05, 0.1) is 16.7 Å². The van der Waals surface area contributed by atoms with E-state index in [0.717, 1.165) is 5.56 Å². The minimum Gasteiger partial charge on any atom is -0.488 e. The molecule has 5 nitrogen and oxygen atoms in total.